The second-order valence-electron chi connectivity index (χ2n) is 5.33. The Morgan fingerprint density at radius 3 is 2.38 bits per heavy atom. The Morgan fingerprint density at radius 1 is 1.00 bits per heavy atom. The van der Waals surface area contributed by atoms with Gasteiger partial charge in [-0.05, 0) is 36.1 Å². The number of urea groups is 1. The fraction of sp³-hybridized carbons (Fsp3) is 0.316. The molecule has 0 atom stereocenters. The number of nitrogens with one attached hydrogen (secondary N) is 2. The summed E-state index contributed by atoms with van der Waals surface area (Å²) in [6, 6.07) is 15.1. The molecule has 2 aromatic carbocycles. The Balaban J connectivity index is 1.78. The van der Waals surface area contributed by atoms with Crippen LogP contribution in [0.25, 0.3) is 0 Å². The lowest BCUT2D eigenvalue weighted by molar-refractivity contribution is 0.240. The van der Waals surface area contributed by atoms with E-state index in [4.69, 9.17) is 4.74 Å². The number of aliphatic hydroxyl groups excluding tert-OH is 1. The summed E-state index contributed by atoms with van der Waals surface area (Å²) in [7, 11) is 0. The average molecular weight is 328 g/mol. The van der Waals surface area contributed by atoms with Gasteiger partial charge in [0.15, 0.2) is 0 Å². The maximum absolute atomic E-state index is 11.9. The lowest BCUT2D eigenvalue weighted by atomic mass is 10.1. The van der Waals surface area contributed by atoms with Crippen LogP contribution in [0, 0.1) is 0 Å². The van der Waals surface area contributed by atoms with Crippen LogP contribution in [0.5, 0.6) is 5.75 Å². The van der Waals surface area contributed by atoms with Gasteiger partial charge in [0.1, 0.15) is 5.75 Å². The Morgan fingerprint density at radius 2 is 1.67 bits per heavy atom. The summed E-state index contributed by atoms with van der Waals surface area (Å²) in [6.45, 7) is 3.45. The number of hydrogen-bond acceptors (Lipinski definition) is 3. The molecular weight excluding hydrogens is 304 g/mol. The van der Waals surface area contributed by atoms with Crippen LogP contribution in [-0.4, -0.2) is 24.3 Å². The molecule has 0 spiro atoms. The molecule has 0 saturated heterocycles. The lowest BCUT2D eigenvalue weighted by Crippen LogP contribution is -2.36. The van der Waals surface area contributed by atoms with Gasteiger partial charge in [0, 0.05) is 13.1 Å². The van der Waals surface area contributed by atoms with Crippen molar-refractivity contribution in [3.63, 3.8) is 0 Å². The molecule has 0 radical (unpaired) electrons. The van der Waals surface area contributed by atoms with Gasteiger partial charge >= 0.3 is 6.03 Å². The molecule has 5 nitrogen and oxygen atoms in total. The zero-order chi connectivity index (χ0) is 17.2. The van der Waals surface area contributed by atoms with Crippen molar-refractivity contribution in [2.75, 3.05) is 13.2 Å². The highest BCUT2D eigenvalue weighted by atomic mass is 16.5. The number of aliphatic hydroxyl groups is 1. The predicted molar refractivity (Wildman–Crippen MR) is 93.9 cm³/mol. The van der Waals surface area contributed by atoms with E-state index in [2.05, 4.69) is 10.6 Å². The molecule has 0 aliphatic carbocycles. The van der Waals surface area contributed by atoms with Gasteiger partial charge in [0.05, 0.1) is 13.2 Å². The normalized spacial score (nSPS) is 10.2. The first-order valence-corrected chi connectivity index (χ1v) is 8.14. The van der Waals surface area contributed by atoms with Gasteiger partial charge in [0.25, 0.3) is 0 Å². The molecule has 0 aliphatic rings. The molecule has 0 fully saturated rings. The zero-order valence-electron chi connectivity index (χ0n) is 13.9. The number of carbonyl (C=O) groups excluding carboxylic acids is 1. The van der Waals surface area contributed by atoms with Gasteiger partial charge in [-0.25, -0.2) is 4.79 Å². The first kappa shape index (κ1) is 17.8. The number of rotatable bonds is 8. The van der Waals surface area contributed by atoms with E-state index in [0.717, 1.165) is 22.4 Å². The van der Waals surface area contributed by atoms with Crippen LogP contribution < -0.4 is 15.4 Å². The van der Waals surface area contributed by atoms with Crippen molar-refractivity contribution >= 4 is 6.03 Å². The van der Waals surface area contributed by atoms with Crippen LogP contribution in [-0.2, 0) is 19.6 Å². The minimum Gasteiger partial charge on any atom is -0.494 e. The highest BCUT2D eigenvalue weighted by Crippen LogP contribution is 2.17. The minimum absolute atomic E-state index is 0.0340. The van der Waals surface area contributed by atoms with Crippen molar-refractivity contribution in [1.29, 1.82) is 0 Å². The topological polar surface area (TPSA) is 70.6 Å². The van der Waals surface area contributed by atoms with Gasteiger partial charge in [-0.2, -0.15) is 0 Å². The molecule has 5 heteroatoms. The number of para-hydroxylation sites is 1. The molecule has 0 saturated carbocycles. The Kier molecular flexibility index (Phi) is 7.11. The molecule has 0 bridgehead atoms. The summed E-state index contributed by atoms with van der Waals surface area (Å²) in [6.07, 6.45) is 0.705. The van der Waals surface area contributed by atoms with Crippen LogP contribution in [0.4, 0.5) is 4.79 Å². The second kappa shape index (κ2) is 9.57. The maximum atomic E-state index is 11.9. The van der Waals surface area contributed by atoms with Crippen LogP contribution >= 0.6 is 0 Å². The summed E-state index contributed by atoms with van der Waals surface area (Å²) in [4.78, 5) is 11.9. The number of amides is 2. The molecule has 3 N–H and O–H groups in total. The van der Waals surface area contributed by atoms with Crippen molar-refractivity contribution in [2.45, 2.75) is 26.5 Å². The maximum Gasteiger partial charge on any atom is 0.315 e. The highest BCUT2D eigenvalue weighted by molar-refractivity contribution is 5.73. The third-order valence-corrected chi connectivity index (χ3v) is 3.68. The summed E-state index contributed by atoms with van der Waals surface area (Å²) in [5, 5.41) is 14.9. The molecule has 2 amide bonds. The van der Waals surface area contributed by atoms with E-state index in [0.29, 0.717) is 26.1 Å². The Hall–Kier alpha value is -2.53. The molecule has 0 aliphatic heterocycles. The fourth-order valence-electron chi connectivity index (χ4n) is 2.44. The molecule has 0 heterocycles. The fourth-order valence-corrected chi connectivity index (χ4v) is 2.44. The van der Waals surface area contributed by atoms with E-state index in [1.165, 1.54) is 0 Å². The van der Waals surface area contributed by atoms with E-state index in [-0.39, 0.29) is 12.6 Å². The molecule has 2 rings (SSSR count). The average Bonchev–Trinajstić information content (AvgIpc) is 2.62. The zero-order valence-corrected chi connectivity index (χ0v) is 13.9. The predicted octanol–water partition coefficient (Wildman–Crippen LogP) is 2.62. The van der Waals surface area contributed by atoms with Gasteiger partial charge in [-0.3, -0.25) is 0 Å². The second-order valence-corrected chi connectivity index (χ2v) is 5.33. The first-order valence-electron chi connectivity index (χ1n) is 8.14. The van der Waals surface area contributed by atoms with Crippen LogP contribution in [0.2, 0.25) is 0 Å². The van der Waals surface area contributed by atoms with E-state index in [1.807, 2.05) is 55.5 Å². The molecule has 2 aromatic rings. The molecular formula is C19H24N2O3. The highest BCUT2D eigenvalue weighted by Gasteiger charge is 2.05. The van der Waals surface area contributed by atoms with E-state index >= 15 is 0 Å². The van der Waals surface area contributed by atoms with E-state index in [9.17, 15) is 9.90 Å². The van der Waals surface area contributed by atoms with Crippen LogP contribution in [0.15, 0.2) is 48.5 Å². The molecule has 0 unspecified atom stereocenters. The van der Waals surface area contributed by atoms with Crippen molar-refractivity contribution < 1.29 is 14.6 Å². The first-order chi connectivity index (χ1) is 11.7. The standard InChI is InChI=1S/C19H24N2O3/c1-2-24-18-10-6-5-7-15(18)11-12-20-19(23)21-13-16-8-3-4-9-17(16)14-22/h3-10,22H,2,11-14H2,1H3,(H2,20,21,23). The summed E-state index contributed by atoms with van der Waals surface area (Å²) < 4.78 is 5.57. The van der Waals surface area contributed by atoms with Gasteiger partial charge in [0.2, 0.25) is 0 Å². The van der Waals surface area contributed by atoms with Crippen molar-refractivity contribution in [1.82, 2.24) is 10.6 Å². The molecule has 24 heavy (non-hydrogen) atoms. The van der Waals surface area contributed by atoms with Crippen molar-refractivity contribution in [3.05, 3.63) is 65.2 Å². The van der Waals surface area contributed by atoms with E-state index in [1.54, 1.807) is 0 Å². The summed E-state index contributed by atoms with van der Waals surface area (Å²) in [5.41, 5.74) is 2.81. The van der Waals surface area contributed by atoms with Gasteiger partial charge in [-0.1, -0.05) is 42.5 Å². The summed E-state index contributed by atoms with van der Waals surface area (Å²) in [5.74, 6) is 0.860. The number of carbonyl (C=O) groups is 1. The Bertz CT molecular complexity index is 659. The van der Waals surface area contributed by atoms with Crippen molar-refractivity contribution in [2.24, 2.45) is 0 Å². The van der Waals surface area contributed by atoms with Crippen molar-refractivity contribution in [3.8, 4) is 5.75 Å². The third-order valence-electron chi connectivity index (χ3n) is 3.68. The number of ether oxygens (including phenoxy) is 1. The summed E-state index contributed by atoms with van der Waals surface area (Å²) >= 11 is 0. The van der Waals surface area contributed by atoms with Crippen LogP contribution in [0.1, 0.15) is 23.6 Å². The third kappa shape index (κ3) is 5.28. The minimum atomic E-state index is -0.225. The largest absolute Gasteiger partial charge is 0.494 e. The molecule has 0 aromatic heterocycles. The smallest absolute Gasteiger partial charge is 0.315 e. The van der Waals surface area contributed by atoms with Gasteiger partial charge < -0.3 is 20.5 Å². The van der Waals surface area contributed by atoms with Crippen LogP contribution in [0.3, 0.4) is 0 Å². The van der Waals surface area contributed by atoms with E-state index < -0.39 is 0 Å². The number of benzene rings is 2. The number of hydrogen-bond donors (Lipinski definition) is 3. The lowest BCUT2D eigenvalue weighted by Gasteiger charge is -2.12. The Labute approximate surface area is 142 Å². The molecule has 128 valence electrons. The SMILES string of the molecule is CCOc1ccccc1CCNC(=O)NCc1ccccc1CO. The van der Waals surface area contributed by atoms with Gasteiger partial charge in [-0.15, -0.1) is 0 Å². The monoisotopic (exact) mass is 328 g/mol. The quantitative estimate of drug-likeness (QED) is 0.697.